The molecule has 0 aromatic heterocycles. The number of fused-ring (bicyclic) bond motifs is 1. The maximum Gasteiger partial charge on any atom is 0.191 e. The number of nitrogens with one attached hydrogen (secondary N) is 1. The first kappa shape index (κ1) is 22.9. The Morgan fingerprint density at radius 2 is 1.67 bits per heavy atom. The maximum absolute atomic E-state index is 13.6. The number of para-hydroxylation sites is 1. The summed E-state index contributed by atoms with van der Waals surface area (Å²) in [7, 11) is 1.89. The normalized spacial score (nSPS) is 18.8. The van der Waals surface area contributed by atoms with Crippen LogP contribution >= 0.6 is 0 Å². The number of carbonyl (C=O) groups is 1. The van der Waals surface area contributed by atoms with Crippen LogP contribution in [0.1, 0.15) is 30.0 Å². The molecule has 0 aliphatic carbocycles. The van der Waals surface area contributed by atoms with E-state index in [0.29, 0.717) is 0 Å². The highest BCUT2D eigenvalue weighted by Crippen LogP contribution is 2.31. The predicted octanol–water partition coefficient (Wildman–Crippen LogP) is 3.81. The quantitative estimate of drug-likeness (QED) is 0.523. The number of nitrogens with zero attached hydrogens (tertiary/aromatic N) is 2. The lowest BCUT2D eigenvalue weighted by Gasteiger charge is -2.38. The third kappa shape index (κ3) is 4.90. The van der Waals surface area contributed by atoms with E-state index in [1.54, 1.807) is 0 Å². The van der Waals surface area contributed by atoms with Crippen LogP contribution in [0.2, 0.25) is 0 Å². The molecule has 0 radical (unpaired) electrons. The Balaban J connectivity index is 1.52. The number of rotatable bonds is 8. The number of Topliss-reactive ketones (excluding diaryl/α,β-unsaturated/α-hetero) is 1. The molecule has 5 nitrogen and oxygen atoms in total. The standard InChI is InChI=1S/C28H32N4O/c1-21(30-19-11-14-22-12-5-3-6-13-22)27(33)28(29)20-31-26(23-15-7-4-8-16-23)24-17-9-10-18-25(24)32(28)2/h3-10,12-13,15-18,21,30H,11,14,19-20,29H2,1-2H3. The van der Waals surface area contributed by atoms with Crippen LogP contribution in [0, 0.1) is 0 Å². The molecule has 5 heteroatoms. The van der Waals surface area contributed by atoms with Crippen molar-refractivity contribution in [2.24, 2.45) is 10.7 Å². The summed E-state index contributed by atoms with van der Waals surface area (Å²) in [5, 5.41) is 3.38. The predicted molar refractivity (Wildman–Crippen MR) is 136 cm³/mol. The second kappa shape index (κ2) is 10.1. The van der Waals surface area contributed by atoms with E-state index in [4.69, 9.17) is 10.7 Å². The number of benzene rings is 3. The molecule has 0 amide bonds. The molecule has 0 saturated carbocycles. The average Bonchev–Trinajstić information content (AvgIpc) is 2.97. The third-order valence-corrected chi connectivity index (χ3v) is 6.40. The minimum Gasteiger partial charge on any atom is -0.348 e. The molecule has 0 bridgehead atoms. The number of hydrogen-bond donors (Lipinski definition) is 2. The molecule has 1 heterocycles. The lowest BCUT2D eigenvalue weighted by Crippen LogP contribution is -2.66. The second-order valence-corrected chi connectivity index (χ2v) is 8.66. The van der Waals surface area contributed by atoms with Gasteiger partial charge in [0.1, 0.15) is 0 Å². The van der Waals surface area contributed by atoms with Gasteiger partial charge in [-0.2, -0.15) is 0 Å². The van der Waals surface area contributed by atoms with Gasteiger partial charge < -0.3 is 16.0 Å². The molecular formula is C28H32N4O. The Labute approximate surface area is 196 Å². The second-order valence-electron chi connectivity index (χ2n) is 8.66. The highest BCUT2D eigenvalue weighted by molar-refractivity contribution is 6.17. The lowest BCUT2D eigenvalue weighted by molar-refractivity contribution is -0.125. The number of anilines is 1. The smallest absolute Gasteiger partial charge is 0.191 e. The SMILES string of the molecule is CC(NCCCc1ccccc1)C(=O)C1(N)CN=C(c2ccccc2)c2ccccc2N1C. The fourth-order valence-electron chi connectivity index (χ4n) is 4.38. The molecule has 3 aromatic rings. The molecule has 33 heavy (non-hydrogen) atoms. The number of hydrogen-bond acceptors (Lipinski definition) is 5. The van der Waals surface area contributed by atoms with E-state index < -0.39 is 5.66 Å². The number of likely N-dealkylation sites (N-methyl/N-ethyl adjacent to an activating group) is 1. The van der Waals surface area contributed by atoms with Gasteiger partial charge in [-0.25, -0.2) is 0 Å². The van der Waals surface area contributed by atoms with Crippen molar-refractivity contribution in [3.63, 3.8) is 0 Å². The molecule has 0 spiro atoms. The van der Waals surface area contributed by atoms with Crippen molar-refractivity contribution in [1.82, 2.24) is 5.32 Å². The topological polar surface area (TPSA) is 70.7 Å². The van der Waals surface area contributed by atoms with Crippen LogP contribution in [-0.4, -0.2) is 43.3 Å². The molecule has 4 rings (SSSR count). The van der Waals surface area contributed by atoms with Crippen LogP contribution in [-0.2, 0) is 11.2 Å². The Hall–Kier alpha value is -3.28. The Morgan fingerprint density at radius 3 is 2.39 bits per heavy atom. The van der Waals surface area contributed by atoms with E-state index in [1.807, 2.05) is 79.5 Å². The molecule has 170 valence electrons. The number of nitrogens with two attached hydrogens (primary N) is 1. The van der Waals surface area contributed by atoms with Gasteiger partial charge in [0.05, 0.1) is 18.3 Å². The van der Waals surface area contributed by atoms with Crippen molar-refractivity contribution in [3.8, 4) is 0 Å². The molecule has 0 saturated heterocycles. The van der Waals surface area contributed by atoms with Crippen LogP contribution in [0.4, 0.5) is 5.69 Å². The average molecular weight is 441 g/mol. The van der Waals surface area contributed by atoms with Crippen LogP contribution < -0.4 is 16.0 Å². The summed E-state index contributed by atoms with van der Waals surface area (Å²) in [5.74, 6) is -0.0578. The fourth-order valence-corrected chi connectivity index (χ4v) is 4.38. The first-order chi connectivity index (χ1) is 16.0. The minimum atomic E-state index is -1.24. The van der Waals surface area contributed by atoms with Gasteiger partial charge in [0.15, 0.2) is 11.4 Å². The number of carbonyl (C=O) groups excluding carboxylic acids is 1. The van der Waals surface area contributed by atoms with Crippen LogP contribution in [0.15, 0.2) is 89.9 Å². The van der Waals surface area contributed by atoms with Gasteiger partial charge in [0.2, 0.25) is 0 Å². The molecular weight excluding hydrogens is 408 g/mol. The number of aliphatic imine (C=N–C) groups is 1. The van der Waals surface area contributed by atoms with E-state index in [-0.39, 0.29) is 18.4 Å². The summed E-state index contributed by atoms with van der Waals surface area (Å²) in [4.78, 5) is 20.4. The van der Waals surface area contributed by atoms with E-state index in [2.05, 4.69) is 29.6 Å². The number of benzodiazepines with no additional fused rings is 1. The van der Waals surface area contributed by atoms with Gasteiger partial charge >= 0.3 is 0 Å². The van der Waals surface area contributed by atoms with Gasteiger partial charge in [0, 0.05) is 23.9 Å². The summed E-state index contributed by atoms with van der Waals surface area (Å²) in [6.07, 6.45) is 1.93. The van der Waals surface area contributed by atoms with Crippen LogP contribution in [0.3, 0.4) is 0 Å². The first-order valence-electron chi connectivity index (χ1n) is 11.5. The third-order valence-electron chi connectivity index (χ3n) is 6.40. The number of ketones is 1. The van der Waals surface area contributed by atoms with E-state index >= 15 is 0 Å². The lowest BCUT2D eigenvalue weighted by atomic mass is 9.96. The van der Waals surface area contributed by atoms with Crippen molar-refractivity contribution >= 4 is 17.2 Å². The van der Waals surface area contributed by atoms with Gasteiger partial charge in [-0.3, -0.25) is 9.79 Å². The molecule has 2 atom stereocenters. The zero-order valence-corrected chi connectivity index (χ0v) is 19.4. The van der Waals surface area contributed by atoms with E-state index in [0.717, 1.165) is 41.9 Å². The monoisotopic (exact) mass is 440 g/mol. The molecule has 2 unspecified atom stereocenters. The minimum absolute atomic E-state index is 0.0578. The summed E-state index contributed by atoms with van der Waals surface area (Å²) in [6, 6.07) is 28.1. The Morgan fingerprint density at radius 1 is 1.03 bits per heavy atom. The maximum atomic E-state index is 13.6. The van der Waals surface area contributed by atoms with Gasteiger partial charge in [0.25, 0.3) is 0 Å². The number of aryl methyl sites for hydroxylation is 1. The molecule has 3 aromatic carbocycles. The van der Waals surface area contributed by atoms with Crippen LogP contribution in [0.5, 0.6) is 0 Å². The summed E-state index contributed by atoms with van der Waals surface area (Å²) in [5.41, 5.74) is 10.7. The fraction of sp³-hybridized carbons (Fsp3) is 0.286. The van der Waals surface area contributed by atoms with Crippen molar-refractivity contribution < 1.29 is 4.79 Å². The van der Waals surface area contributed by atoms with E-state index in [9.17, 15) is 4.79 Å². The molecule has 1 aliphatic heterocycles. The zero-order chi connectivity index (χ0) is 23.3. The van der Waals surface area contributed by atoms with Crippen LogP contribution in [0.25, 0.3) is 0 Å². The van der Waals surface area contributed by atoms with Crippen molar-refractivity contribution in [1.29, 1.82) is 0 Å². The van der Waals surface area contributed by atoms with Gasteiger partial charge in [-0.05, 0) is 37.9 Å². The van der Waals surface area contributed by atoms with Crippen molar-refractivity contribution in [2.45, 2.75) is 31.5 Å². The molecule has 3 N–H and O–H groups in total. The Bertz CT molecular complexity index is 1110. The largest absolute Gasteiger partial charge is 0.348 e. The summed E-state index contributed by atoms with van der Waals surface area (Å²) < 4.78 is 0. The van der Waals surface area contributed by atoms with Gasteiger partial charge in [-0.1, -0.05) is 78.9 Å². The molecule has 0 fully saturated rings. The molecule has 1 aliphatic rings. The van der Waals surface area contributed by atoms with Gasteiger partial charge in [-0.15, -0.1) is 0 Å². The Kier molecular flexibility index (Phi) is 7.02. The highest BCUT2D eigenvalue weighted by Gasteiger charge is 2.43. The first-order valence-corrected chi connectivity index (χ1v) is 11.5. The van der Waals surface area contributed by atoms with Crippen molar-refractivity contribution in [2.75, 3.05) is 25.0 Å². The summed E-state index contributed by atoms with van der Waals surface area (Å²) in [6.45, 7) is 2.83. The zero-order valence-electron chi connectivity index (χ0n) is 19.4. The van der Waals surface area contributed by atoms with E-state index in [1.165, 1.54) is 5.56 Å². The highest BCUT2D eigenvalue weighted by atomic mass is 16.1. The van der Waals surface area contributed by atoms with Crippen molar-refractivity contribution in [3.05, 3.63) is 102 Å². The summed E-state index contributed by atoms with van der Waals surface area (Å²) >= 11 is 0.